The van der Waals surface area contributed by atoms with Crippen molar-refractivity contribution in [2.45, 2.75) is 6.42 Å². The summed E-state index contributed by atoms with van der Waals surface area (Å²) in [6, 6.07) is 5.97. The molecule has 0 atom stereocenters. The summed E-state index contributed by atoms with van der Waals surface area (Å²) in [5.74, 6) is 0.790. The number of nitrogens with one attached hydrogen (secondary N) is 1. The zero-order chi connectivity index (χ0) is 11.4. The van der Waals surface area contributed by atoms with E-state index < -0.39 is 0 Å². The standard InChI is InChI=1S/C11H12FN3O.ClH/c1-13-7-6-10-14-11(16-15-10)8-2-4-9(12)5-3-8;/h2-5,13H,6-7H2,1H3;1H. The SMILES string of the molecule is CNCCc1noc(-c2ccc(F)cc2)n1.Cl. The van der Waals surface area contributed by atoms with Crippen LogP contribution in [0.5, 0.6) is 0 Å². The van der Waals surface area contributed by atoms with Crippen molar-refractivity contribution in [1.82, 2.24) is 15.5 Å². The molecule has 1 aromatic heterocycles. The minimum Gasteiger partial charge on any atom is -0.334 e. The zero-order valence-corrected chi connectivity index (χ0v) is 10.1. The summed E-state index contributed by atoms with van der Waals surface area (Å²) in [6.07, 6.45) is 0.710. The van der Waals surface area contributed by atoms with Gasteiger partial charge in [-0.2, -0.15) is 4.98 Å². The van der Waals surface area contributed by atoms with Gasteiger partial charge in [-0.25, -0.2) is 4.39 Å². The van der Waals surface area contributed by atoms with Crippen LogP contribution in [0.1, 0.15) is 5.82 Å². The Kier molecular flexibility index (Phi) is 5.06. The number of likely N-dealkylation sites (N-methyl/N-ethyl adjacent to an activating group) is 1. The molecule has 0 saturated heterocycles. The molecule has 2 rings (SSSR count). The van der Waals surface area contributed by atoms with E-state index in [1.165, 1.54) is 12.1 Å². The van der Waals surface area contributed by atoms with Gasteiger partial charge in [-0.05, 0) is 31.3 Å². The Morgan fingerprint density at radius 2 is 2.00 bits per heavy atom. The Morgan fingerprint density at radius 3 is 2.65 bits per heavy atom. The first-order valence-corrected chi connectivity index (χ1v) is 5.02. The van der Waals surface area contributed by atoms with Crippen LogP contribution in [0.25, 0.3) is 11.5 Å². The first-order valence-electron chi connectivity index (χ1n) is 5.02. The predicted molar refractivity (Wildman–Crippen MR) is 64.6 cm³/mol. The molecular formula is C11H13ClFN3O. The van der Waals surface area contributed by atoms with Crippen LogP contribution in [-0.4, -0.2) is 23.7 Å². The van der Waals surface area contributed by atoms with Crippen LogP contribution in [0.3, 0.4) is 0 Å². The van der Waals surface area contributed by atoms with E-state index >= 15 is 0 Å². The van der Waals surface area contributed by atoms with Crippen LogP contribution < -0.4 is 5.32 Å². The average Bonchev–Trinajstić information content (AvgIpc) is 2.76. The van der Waals surface area contributed by atoms with Crippen LogP contribution in [0.2, 0.25) is 0 Å². The van der Waals surface area contributed by atoms with Gasteiger partial charge >= 0.3 is 0 Å². The van der Waals surface area contributed by atoms with Crippen LogP contribution in [0, 0.1) is 5.82 Å². The van der Waals surface area contributed by atoms with Gasteiger partial charge in [0.2, 0.25) is 0 Å². The summed E-state index contributed by atoms with van der Waals surface area (Å²) in [6.45, 7) is 0.794. The lowest BCUT2D eigenvalue weighted by Crippen LogP contribution is -2.10. The lowest BCUT2D eigenvalue weighted by molar-refractivity contribution is 0.422. The number of benzene rings is 1. The van der Waals surface area contributed by atoms with Crippen molar-refractivity contribution in [3.05, 3.63) is 35.9 Å². The van der Waals surface area contributed by atoms with Crippen molar-refractivity contribution in [1.29, 1.82) is 0 Å². The van der Waals surface area contributed by atoms with Crippen molar-refractivity contribution in [2.75, 3.05) is 13.6 Å². The highest BCUT2D eigenvalue weighted by Crippen LogP contribution is 2.17. The number of aromatic nitrogens is 2. The van der Waals surface area contributed by atoms with Gasteiger partial charge in [0.05, 0.1) is 0 Å². The Morgan fingerprint density at radius 1 is 1.29 bits per heavy atom. The summed E-state index contributed by atoms with van der Waals surface area (Å²) in [4.78, 5) is 4.21. The summed E-state index contributed by atoms with van der Waals surface area (Å²) >= 11 is 0. The van der Waals surface area contributed by atoms with Crippen molar-refractivity contribution in [3.8, 4) is 11.5 Å². The van der Waals surface area contributed by atoms with E-state index in [1.807, 2.05) is 7.05 Å². The van der Waals surface area contributed by atoms with Crippen molar-refractivity contribution in [2.24, 2.45) is 0 Å². The third-order valence-corrected chi connectivity index (χ3v) is 2.16. The van der Waals surface area contributed by atoms with E-state index in [2.05, 4.69) is 15.5 Å². The van der Waals surface area contributed by atoms with Gasteiger partial charge in [0.25, 0.3) is 5.89 Å². The maximum absolute atomic E-state index is 12.7. The van der Waals surface area contributed by atoms with Crippen molar-refractivity contribution in [3.63, 3.8) is 0 Å². The van der Waals surface area contributed by atoms with Crippen LogP contribution in [-0.2, 0) is 6.42 Å². The van der Waals surface area contributed by atoms with Gasteiger partial charge in [0, 0.05) is 18.5 Å². The topological polar surface area (TPSA) is 51.0 Å². The molecule has 0 amide bonds. The molecule has 0 radical (unpaired) electrons. The summed E-state index contributed by atoms with van der Waals surface area (Å²) in [7, 11) is 1.86. The van der Waals surface area contributed by atoms with E-state index in [0.717, 1.165) is 12.1 Å². The van der Waals surface area contributed by atoms with E-state index in [1.54, 1.807) is 12.1 Å². The molecule has 0 aliphatic rings. The Bertz CT molecular complexity index is 458. The molecule has 0 aliphatic heterocycles. The maximum atomic E-state index is 12.7. The van der Waals surface area contributed by atoms with Gasteiger partial charge in [0.1, 0.15) is 5.82 Å². The van der Waals surface area contributed by atoms with Gasteiger partial charge in [-0.1, -0.05) is 5.16 Å². The second kappa shape index (κ2) is 6.32. The molecule has 0 saturated carbocycles. The molecular weight excluding hydrogens is 245 g/mol. The summed E-state index contributed by atoms with van der Waals surface area (Å²) in [5, 5.41) is 6.83. The molecule has 0 spiro atoms. The fourth-order valence-corrected chi connectivity index (χ4v) is 1.30. The Labute approximate surface area is 105 Å². The number of halogens is 2. The van der Waals surface area contributed by atoms with E-state index in [-0.39, 0.29) is 18.2 Å². The van der Waals surface area contributed by atoms with Crippen molar-refractivity contribution < 1.29 is 8.91 Å². The fourth-order valence-electron chi connectivity index (χ4n) is 1.30. The lowest BCUT2D eigenvalue weighted by atomic mass is 10.2. The highest BCUT2D eigenvalue weighted by atomic mass is 35.5. The second-order valence-electron chi connectivity index (χ2n) is 3.38. The number of nitrogens with zero attached hydrogens (tertiary/aromatic N) is 2. The molecule has 0 unspecified atom stereocenters. The van der Waals surface area contributed by atoms with E-state index in [9.17, 15) is 4.39 Å². The maximum Gasteiger partial charge on any atom is 0.257 e. The van der Waals surface area contributed by atoms with Crippen LogP contribution in [0.4, 0.5) is 4.39 Å². The molecule has 0 fully saturated rings. The number of hydrogen-bond acceptors (Lipinski definition) is 4. The third kappa shape index (κ3) is 3.51. The van der Waals surface area contributed by atoms with E-state index in [4.69, 9.17) is 4.52 Å². The molecule has 4 nitrogen and oxygen atoms in total. The molecule has 1 heterocycles. The first-order chi connectivity index (χ1) is 7.79. The van der Waals surface area contributed by atoms with Gasteiger partial charge in [-0.3, -0.25) is 0 Å². The predicted octanol–water partition coefficient (Wildman–Crippen LogP) is 2.06. The zero-order valence-electron chi connectivity index (χ0n) is 9.31. The molecule has 0 bridgehead atoms. The molecule has 1 N–H and O–H groups in total. The smallest absolute Gasteiger partial charge is 0.257 e. The van der Waals surface area contributed by atoms with Crippen molar-refractivity contribution >= 4 is 12.4 Å². The largest absolute Gasteiger partial charge is 0.334 e. The third-order valence-electron chi connectivity index (χ3n) is 2.16. The Balaban J connectivity index is 0.00000144. The Hall–Kier alpha value is -1.46. The van der Waals surface area contributed by atoms with Gasteiger partial charge in [0.15, 0.2) is 5.82 Å². The quantitative estimate of drug-likeness (QED) is 0.911. The van der Waals surface area contributed by atoms with Gasteiger partial charge < -0.3 is 9.84 Å². The number of rotatable bonds is 4. The molecule has 1 aromatic carbocycles. The molecule has 0 aliphatic carbocycles. The first kappa shape index (κ1) is 13.6. The highest BCUT2D eigenvalue weighted by molar-refractivity contribution is 5.85. The average molecular weight is 258 g/mol. The van der Waals surface area contributed by atoms with Crippen LogP contribution in [0.15, 0.2) is 28.8 Å². The molecule has 2 aromatic rings. The molecule has 92 valence electrons. The second-order valence-corrected chi connectivity index (χ2v) is 3.38. The van der Waals surface area contributed by atoms with Gasteiger partial charge in [-0.15, -0.1) is 12.4 Å². The monoisotopic (exact) mass is 257 g/mol. The lowest BCUT2D eigenvalue weighted by Gasteiger charge is -1.93. The number of hydrogen-bond donors (Lipinski definition) is 1. The normalized spacial score (nSPS) is 10.0. The summed E-state index contributed by atoms with van der Waals surface area (Å²) < 4.78 is 17.8. The summed E-state index contributed by atoms with van der Waals surface area (Å²) in [5.41, 5.74) is 0.726. The van der Waals surface area contributed by atoms with E-state index in [0.29, 0.717) is 18.1 Å². The molecule has 6 heteroatoms. The minimum atomic E-state index is -0.279. The highest BCUT2D eigenvalue weighted by Gasteiger charge is 2.07. The fraction of sp³-hybridized carbons (Fsp3) is 0.273. The van der Waals surface area contributed by atoms with Crippen LogP contribution >= 0.6 is 12.4 Å². The molecule has 17 heavy (non-hydrogen) atoms. The minimum absolute atomic E-state index is 0.